The summed E-state index contributed by atoms with van der Waals surface area (Å²) in [6, 6.07) is 0. The minimum Gasteiger partial charge on any atom is -0.314 e. The van der Waals surface area contributed by atoms with Gasteiger partial charge in [0.25, 0.3) is 0 Å². The van der Waals surface area contributed by atoms with Gasteiger partial charge in [-0.25, -0.2) is 0 Å². The van der Waals surface area contributed by atoms with Gasteiger partial charge in [0.05, 0.1) is 25.9 Å². The van der Waals surface area contributed by atoms with Gasteiger partial charge < -0.3 is 4.90 Å². The third kappa shape index (κ3) is 2.92. The van der Waals surface area contributed by atoms with Crippen LogP contribution in [0.2, 0.25) is 0 Å². The first-order valence-corrected chi connectivity index (χ1v) is 4.86. The zero-order valence-corrected chi connectivity index (χ0v) is 8.67. The molecule has 1 rings (SSSR count). The number of hydrogen-bond acceptors (Lipinski definition) is 2. The van der Waals surface area contributed by atoms with Crippen LogP contribution in [0.3, 0.4) is 0 Å². The Hall–Kier alpha value is -1.22. The molecule has 0 radical (unpaired) electrons. The minimum absolute atomic E-state index is 0.0142. The topological polar surface area (TPSA) is 38.6 Å². The van der Waals surface area contributed by atoms with Gasteiger partial charge in [-0.1, -0.05) is 0 Å². The molecule has 3 nitrogen and oxygen atoms in total. The summed E-state index contributed by atoms with van der Waals surface area (Å²) in [5, 5.41) is 0. The lowest BCUT2D eigenvalue weighted by atomic mass is 9.92. The number of carbonyl (C=O) groups is 2. The molecule has 0 amide bonds. The monoisotopic (exact) mass is 194 g/mol. The molecule has 3 heteroatoms. The van der Waals surface area contributed by atoms with E-state index in [9.17, 15) is 9.59 Å². The SMILES string of the molecule is C[NH+](C)/C=C/C=C1C(=O)CCCC1=O. The normalized spacial score (nSPS) is 18.4. The van der Waals surface area contributed by atoms with Crippen molar-refractivity contribution < 1.29 is 14.5 Å². The maximum atomic E-state index is 11.4. The predicted octanol–water partition coefficient (Wildman–Crippen LogP) is -0.107. The van der Waals surface area contributed by atoms with Gasteiger partial charge in [-0.2, -0.15) is 0 Å². The molecule has 0 unspecified atom stereocenters. The largest absolute Gasteiger partial charge is 0.314 e. The van der Waals surface area contributed by atoms with Crippen molar-refractivity contribution in [1.29, 1.82) is 0 Å². The molecule has 0 aromatic rings. The summed E-state index contributed by atoms with van der Waals surface area (Å²) in [6.45, 7) is 0. The molecule has 1 saturated carbocycles. The van der Waals surface area contributed by atoms with Gasteiger partial charge in [-0.15, -0.1) is 0 Å². The lowest BCUT2D eigenvalue weighted by Crippen LogP contribution is -3.00. The summed E-state index contributed by atoms with van der Waals surface area (Å²) in [4.78, 5) is 23.9. The van der Waals surface area contributed by atoms with E-state index in [1.165, 1.54) is 0 Å². The Morgan fingerprint density at radius 3 is 2.21 bits per heavy atom. The molecule has 0 aromatic heterocycles. The van der Waals surface area contributed by atoms with Crippen molar-refractivity contribution in [1.82, 2.24) is 0 Å². The Morgan fingerprint density at radius 2 is 1.71 bits per heavy atom. The standard InChI is InChI=1S/C11H15NO2/c1-12(2)8-4-5-9-10(13)6-3-7-11(9)14/h4-5,8H,3,6-7H2,1-2H3/p+1/b8-4+. The molecule has 0 aromatic carbocycles. The summed E-state index contributed by atoms with van der Waals surface area (Å²) < 4.78 is 0. The molecule has 76 valence electrons. The molecule has 1 N–H and O–H groups in total. The van der Waals surface area contributed by atoms with Crippen LogP contribution in [0, 0.1) is 0 Å². The number of quaternary nitrogens is 1. The summed E-state index contributed by atoms with van der Waals surface area (Å²) in [5.41, 5.74) is 0.369. The van der Waals surface area contributed by atoms with Crippen LogP contribution in [-0.2, 0) is 9.59 Å². The van der Waals surface area contributed by atoms with Gasteiger partial charge in [0.15, 0.2) is 11.6 Å². The second kappa shape index (κ2) is 4.86. The number of allylic oxidation sites excluding steroid dienone is 3. The van der Waals surface area contributed by atoms with Gasteiger partial charge in [0.1, 0.15) is 0 Å². The van der Waals surface area contributed by atoms with E-state index in [-0.39, 0.29) is 11.6 Å². The number of ketones is 2. The fourth-order valence-corrected chi connectivity index (χ4v) is 1.36. The van der Waals surface area contributed by atoms with E-state index in [1.807, 2.05) is 20.3 Å². The number of Topliss-reactive ketones (excluding diaryl/α,β-unsaturated/α-hetero) is 2. The summed E-state index contributed by atoms with van der Waals surface area (Å²) in [7, 11) is 3.94. The van der Waals surface area contributed by atoms with E-state index in [0.29, 0.717) is 24.8 Å². The van der Waals surface area contributed by atoms with Crippen molar-refractivity contribution in [3.63, 3.8) is 0 Å². The highest BCUT2D eigenvalue weighted by molar-refractivity contribution is 6.21. The van der Waals surface area contributed by atoms with Gasteiger partial charge in [-0.3, -0.25) is 9.59 Å². The van der Waals surface area contributed by atoms with Gasteiger partial charge in [0, 0.05) is 12.8 Å². The Morgan fingerprint density at radius 1 is 1.14 bits per heavy atom. The molecule has 0 aliphatic heterocycles. The molecular weight excluding hydrogens is 178 g/mol. The predicted molar refractivity (Wildman–Crippen MR) is 53.9 cm³/mol. The Balaban J connectivity index is 2.72. The third-order valence-corrected chi connectivity index (χ3v) is 2.10. The minimum atomic E-state index is -0.0142. The van der Waals surface area contributed by atoms with Crippen LogP contribution in [0.4, 0.5) is 0 Å². The smallest absolute Gasteiger partial charge is 0.166 e. The van der Waals surface area contributed by atoms with Crippen molar-refractivity contribution >= 4 is 11.6 Å². The Labute approximate surface area is 84.1 Å². The Kier molecular flexibility index (Phi) is 3.77. The van der Waals surface area contributed by atoms with Crippen molar-refractivity contribution in [3.8, 4) is 0 Å². The fraction of sp³-hybridized carbons (Fsp3) is 0.455. The summed E-state index contributed by atoms with van der Waals surface area (Å²) in [5.74, 6) is -0.0284. The molecule has 1 fully saturated rings. The average molecular weight is 194 g/mol. The average Bonchev–Trinajstić information content (AvgIpc) is 2.09. The fourth-order valence-electron chi connectivity index (χ4n) is 1.36. The number of hydrogen-bond donors (Lipinski definition) is 1. The zero-order chi connectivity index (χ0) is 10.6. The van der Waals surface area contributed by atoms with E-state index in [2.05, 4.69) is 0 Å². The highest BCUT2D eigenvalue weighted by Gasteiger charge is 2.21. The second-order valence-electron chi connectivity index (χ2n) is 3.72. The number of rotatable bonds is 2. The van der Waals surface area contributed by atoms with E-state index in [4.69, 9.17) is 0 Å². The first-order valence-electron chi connectivity index (χ1n) is 4.86. The third-order valence-electron chi connectivity index (χ3n) is 2.10. The molecule has 1 aliphatic rings. The van der Waals surface area contributed by atoms with Crippen molar-refractivity contribution in [2.75, 3.05) is 14.1 Å². The highest BCUT2D eigenvalue weighted by atomic mass is 16.1. The molecule has 0 atom stereocenters. The van der Waals surface area contributed by atoms with Crippen molar-refractivity contribution in [2.45, 2.75) is 19.3 Å². The Bertz CT molecular complexity index is 282. The van der Waals surface area contributed by atoms with Gasteiger partial charge in [0.2, 0.25) is 0 Å². The lowest BCUT2D eigenvalue weighted by Gasteiger charge is -2.10. The highest BCUT2D eigenvalue weighted by Crippen LogP contribution is 2.16. The zero-order valence-electron chi connectivity index (χ0n) is 8.67. The van der Waals surface area contributed by atoms with Crippen LogP contribution in [-0.4, -0.2) is 25.7 Å². The molecule has 0 saturated heterocycles. The van der Waals surface area contributed by atoms with E-state index < -0.39 is 0 Å². The first kappa shape index (κ1) is 10.9. The quantitative estimate of drug-likeness (QED) is 0.492. The number of carbonyl (C=O) groups excluding carboxylic acids is 2. The van der Waals surface area contributed by atoms with Gasteiger partial charge in [-0.05, 0) is 18.6 Å². The van der Waals surface area contributed by atoms with Crippen LogP contribution in [0.15, 0.2) is 23.9 Å². The second-order valence-corrected chi connectivity index (χ2v) is 3.72. The maximum absolute atomic E-state index is 11.4. The lowest BCUT2D eigenvalue weighted by molar-refractivity contribution is -0.801. The van der Waals surface area contributed by atoms with Crippen LogP contribution in [0.25, 0.3) is 0 Å². The van der Waals surface area contributed by atoms with Crippen molar-refractivity contribution in [2.24, 2.45) is 0 Å². The number of nitrogens with one attached hydrogen (secondary N) is 1. The van der Waals surface area contributed by atoms with Crippen LogP contribution in [0.5, 0.6) is 0 Å². The first-order chi connectivity index (χ1) is 6.61. The molecule has 0 spiro atoms. The molecule has 14 heavy (non-hydrogen) atoms. The van der Waals surface area contributed by atoms with Crippen LogP contribution < -0.4 is 4.90 Å². The van der Waals surface area contributed by atoms with E-state index in [0.717, 1.165) is 4.90 Å². The van der Waals surface area contributed by atoms with Crippen molar-refractivity contribution in [3.05, 3.63) is 23.9 Å². The summed E-state index contributed by atoms with van der Waals surface area (Å²) in [6.07, 6.45) is 7.03. The van der Waals surface area contributed by atoms with E-state index in [1.54, 1.807) is 12.2 Å². The van der Waals surface area contributed by atoms with Crippen LogP contribution in [0.1, 0.15) is 19.3 Å². The van der Waals surface area contributed by atoms with Crippen LogP contribution >= 0.6 is 0 Å². The molecular formula is C11H16NO2+. The molecule has 0 heterocycles. The molecule has 0 bridgehead atoms. The summed E-state index contributed by atoms with van der Waals surface area (Å²) >= 11 is 0. The molecule has 1 aliphatic carbocycles. The maximum Gasteiger partial charge on any atom is 0.166 e. The van der Waals surface area contributed by atoms with E-state index >= 15 is 0 Å². The van der Waals surface area contributed by atoms with Gasteiger partial charge >= 0.3 is 0 Å².